The molecule has 1 unspecified atom stereocenters. The van der Waals surface area contributed by atoms with E-state index < -0.39 is 5.97 Å². The summed E-state index contributed by atoms with van der Waals surface area (Å²) in [6.07, 6.45) is 5.33. The third-order valence-electron chi connectivity index (χ3n) is 3.21. The van der Waals surface area contributed by atoms with Gasteiger partial charge in [-0.2, -0.15) is 0 Å². The van der Waals surface area contributed by atoms with E-state index in [-0.39, 0.29) is 5.69 Å². The van der Waals surface area contributed by atoms with Gasteiger partial charge < -0.3 is 14.4 Å². The molecular weight excluding hydrogens is 246 g/mol. The lowest BCUT2D eigenvalue weighted by molar-refractivity contribution is 0.0576. The summed E-state index contributed by atoms with van der Waals surface area (Å²) in [7, 11) is 3.30. The second kappa shape index (κ2) is 6.47. The van der Waals surface area contributed by atoms with Crippen LogP contribution in [0.2, 0.25) is 0 Å². The van der Waals surface area contributed by atoms with E-state index in [9.17, 15) is 4.79 Å². The summed E-state index contributed by atoms with van der Waals surface area (Å²) in [5, 5.41) is 0. The van der Waals surface area contributed by atoms with Crippen molar-refractivity contribution in [2.75, 3.05) is 38.8 Å². The molecule has 0 aliphatic carbocycles. The molecule has 0 amide bonds. The summed E-state index contributed by atoms with van der Waals surface area (Å²) in [5.74, 6) is 0.807. The SMILES string of the molecule is COC(=O)c1cnc(N(C)CC2CCCOC2)cn1. The number of ether oxygens (including phenoxy) is 2. The maximum Gasteiger partial charge on any atom is 0.358 e. The van der Waals surface area contributed by atoms with Crippen LogP contribution in [0.25, 0.3) is 0 Å². The predicted octanol–water partition coefficient (Wildman–Crippen LogP) is 1.13. The lowest BCUT2D eigenvalue weighted by Gasteiger charge is -2.27. The summed E-state index contributed by atoms with van der Waals surface area (Å²) >= 11 is 0. The van der Waals surface area contributed by atoms with Gasteiger partial charge in [0.05, 0.1) is 26.1 Å². The van der Waals surface area contributed by atoms with E-state index in [4.69, 9.17) is 4.74 Å². The number of hydrogen-bond acceptors (Lipinski definition) is 6. The number of carbonyl (C=O) groups is 1. The lowest BCUT2D eigenvalue weighted by Crippen LogP contribution is -2.31. The Bertz CT molecular complexity index is 416. The largest absolute Gasteiger partial charge is 0.464 e. The Kier molecular flexibility index (Phi) is 4.68. The first-order valence-electron chi connectivity index (χ1n) is 6.40. The molecule has 1 atom stereocenters. The van der Waals surface area contributed by atoms with Gasteiger partial charge in [-0.15, -0.1) is 0 Å². The molecule has 1 aromatic heterocycles. The monoisotopic (exact) mass is 265 g/mol. The molecule has 0 radical (unpaired) electrons. The van der Waals surface area contributed by atoms with Crippen LogP contribution in [-0.2, 0) is 9.47 Å². The fourth-order valence-electron chi connectivity index (χ4n) is 2.16. The van der Waals surface area contributed by atoms with Crippen molar-refractivity contribution in [2.24, 2.45) is 5.92 Å². The Hall–Kier alpha value is -1.69. The molecule has 2 rings (SSSR count). The van der Waals surface area contributed by atoms with Gasteiger partial charge in [-0.25, -0.2) is 14.8 Å². The van der Waals surface area contributed by atoms with Gasteiger partial charge in [0.2, 0.25) is 0 Å². The average Bonchev–Trinajstić information content (AvgIpc) is 2.47. The molecule has 0 spiro atoms. The summed E-state index contributed by atoms with van der Waals surface area (Å²) < 4.78 is 10.0. The minimum atomic E-state index is -0.470. The number of aromatic nitrogens is 2. The Balaban J connectivity index is 1.94. The van der Waals surface area contributed by atoms with E-state index >= 15 is 0 Å². The average molecular weight is 265 g/mol. The van der Waals surface area contributed by atoms with Gasteiger partial charge in [0.15, 0.2) is 5.69 Å². The zero-order valence-corrected chi connectivity index (χ0v) is 11.3. The standard InChI is InChI=1S/C13H19N3O3/c1-16(8-10-4-3-5-19-9-10)12-7-14-11(6-15-12)13(17)18-2/h6-7,10H,3-5,8-9H2,1-2H3. The number of rotatable bonds is 4. The molecular formula is C13H19N3O3. The van der Waals surface area contributed by atoms with Crippen LogP contribution in [0.4, 0.5) is 5.82 Å². The molecule has 6 heteroatoms. The molecule has 6 nitrogen and oxygen atoms in total. The molecule has 1 aliphatic heterocycles. The van der Waals surface area contributed by atoms with Crippen molar-refractivity contribution in [3.05, 3.63) is 18.1 Å². The van der Waals surface area contributed by atoms with E-state index in [0.29, 0.717) is 5.92 Å². The Labute approximate surface area is 112 Å². The number of hydrogen-bond donors (Lipinski definition) is 0. The first-order valence-corrected chi connectivity index (χ1v) is 6.40. The predicted molar refractivity (Wildman–Crippen MR) is 70.2 cm³/mol. The zero-order chi connectivity index (χ0) is 13.7. The fraction of sp³-hybridized carbons (Fsp3) is 0.615. The molecule has 0 saturated carbocycles. The van der Waals surface area contributed by atoms with E-state index in [1.54, 1.807) is 6.20 Å². The number of anilines is 1. The van der Waals surface area contributed by atoms with Crippen molar-refractivity contribution < 1.29 is 14.3 Å². The quantitative estimate of drug-likeness (QED) is 0.760. The summed E-state index contributed by atoms with van der Waals surface area (Å²) in [5.41, 5.74) is 0.223. The Morgan fingerprint density at radius 3 is 2.95 bits per heavy atom. The summed E-state index contributed by atoms with van der Waals surface area (Å²) in [6.45, 7) is 2.55. The second-order valence-corrected chi connectivity index (χ2v) is 4.72. The van der Waals surface area contributed by atoms with Crippen LogP contribution in [0.3, 0.4) is 0 Å². The highest BCUT2D eigenvalue weighted by Crippen LogP contribution is 2.17. The summed E-state index contributed by atoms with van der Waals surface area (Å²) in [6, 6.07) is 0. The highest BCUT2D eigenvalue weighted by atomic mass is 16.5. The van der Waals surface area contributed by atoms with Gasteiger partial charge in [-0.3, -0.25) is 0 Å². The van der Waals surface area contributed by atoms with Crippen LogP contribution in [-0.4, -0.2) is 49.9 Å². The minimum Gasteiger partial charge on any atom is -0.464 e. The van der Waals surface area contributed by atoms with Crippen molar-refractivity contribution in [1.29, 1.82) is 0 Å². The van der Waals surface area contributed by atoms with Gasteiger partial charge in [-0.1, -0.05) is 0 Å². The van der Waals surface area contributed by atoms with E-state index in [1.165, 1.54) is 19.7 Å². The van der Waals surface area contributed by atoms with Gasteiger partial charge >= 0.3 is 5.97 Å². The van der Waals surface area contributed by atoms with Crippen molar-refractivity contribution in [3.8, 4) is 0 Å². The Morgan fingerprint density at radius 1 is 1.53 bits per heavy atom. The molecule has 1 aliphatic rings. The van der Waals surface area contributed by atoms with Crippen LogP contribution in [0.5, 0.6) is 0 Å². The first-order chi connectivity index (χ1) is 9.20. The lowest BCUT2D eigenvalue weighted by atomic mass is 10.0. The molecule has 1 fully saturated rings. The molecule has 1 saturated heterocycles. The zero-order valence-electron chi connectivity index (χ0n) is 11.3. The normalized spacial score (nSPS) is 18.9. The van der Waals surface area contributed by atoms with Crippen LogP contribution in [0.15, 0.2) is 12.4 Å². The van der Waals surface area contributed by atoms with Crippen molar-refractivity contribution >= 4 is 11.8 Å². The number of nitrogens with zero attached hydrogens (tertiary/aromatic N) is 3. The maximum absolute atomic E-state index is 11.3. The molecule has 1 aromatic rings. The van der Waals surface area contributed by atoms with Crippen LogP contribution >= 0.6 is 0 Å². The third kappa shape index (κ3) is 3.64. The number of carbonyl (C=O) groups excluding carboxylic acids is 1. The van der Waals surface area contributed by atoms with Crippen LogP contribution in [0, 0.1) is 5.92 Å². The number of methoxy groups -OCH3 is 1. The van der Waals surface area contributed by atoms with E-state index in [2.05, 4.69) is 14.7 Å². The van der Waals surface area contributed by atoms with Gasteiger partial charge in [0.25, 0.3) is 0 Å². The maximum atomic E-state index is 11.3. The molecule has 19 heavy (non-hydrogen) atoms. The van der Waals surface area contributed by atoms with Crippen LogP contribution < -0.4 is 4.90 Å². The third-order valence-corrected chi connectivity index (χ3v) is 3.21. The Morgan fingerprint density at radius 2 is 2.37 bits per heavy atom. The molecule has 2 heterocycles. The van der Waals surface area contributed by atoms with Crippen molar-refractivity contribution in [1.82, 2.24) is 9.97 Å². The number of esters is 1. The van der Waals surface area contributed by atoms with Gasteiger partial charge in [0, 0.05) is 20.2 Å². The van der Waals surface area contributed by atoms with Crippen LogP contribution in [0.1, 0.15) is 23.3 Å². The van der Waals surface area contributed by atoms with Crippen molar-refractivity contribution in [3.63, 3.8) is 0 Å². The van der Waals surface area contributed by atoms with Crippen molar-refractivity contribution in [2.45, 2.75) is 12.8 Å². The first kappa shape index (κ1) is 13.7. The fourth-order valence-corrected chi connectivity index (χ4v) is 2.16. The topological polar surface area (TPSA) is 64.5 Å². The summed E-state index contributed by atoms with van der Waals surface area (Å²) in [4.78, 5) is 21.6. The second-order valence-electron chi connectivity index (χ2n) is 4.72. The molecule has 0 aromatic carbocycles. The van der Waals surface area contributed by atoms with Gasteiger partial charge in [-0.05, 0) is 18.8 Å². The molecule has 104 valence electrons. The smallest absolute Gasteiger partial charge is 0.358 e. The minimum absolute atomic E-state index is 0.223. The van der Waals surface area contributed by atoms with E-state index in [1.807, 2.05) is 11.9 Å². The highest BCUT2D eigenvalue weighted by Gasteiger charge is 2.17. The molecule has 0 bridgehead atoms. The van der Waals surface area contributed by atoms with Gasteiger partial charge in [0.1, 0.15) is 5.82 Å². The molecule has 0 N–H and O–H groups in total. The van der Waals surface area contributed by atoms with E-state index in [0.717, 1.165) is 32.0 Å². The highest BCUT2D eigenvalue weighted by molar-refractivity contribution is 5.86.